The van der Waals surface area contributed by atoms with Crippen molar-refractivity contribution in [2.45, 2.75) is 6.54 Å². The number of benzene rings is 2. The third kappa shape index (κ3) is 3.79. The molecule has 2 aromatic rings. The smallest absolute Gasteiger partial charge is 0.337 e. The van der Waals surface area contributed by atoms with Gasteiger partial charge in [-0.15, -0.1) is 0 Å². The van der Waals surface area contributed by atoms with Gasteiger partial charge in [-0.05, 0) is 23.8 Å². The monoisotopic (exact) mass is 350 g/mol. The second-order valence-electron chi connectivity index (χ2n) is 4.27. The molecule has 21 heavy (non-hydrogen) atoms. The number of carboxylic acids is 1. The molecule has 0 unspecified atom stereocenters. The molecule has 0 aromatic heterocycles. The van der Waals surface area contributed by atoms with E-state index in [4.69, 9.17) is 5.11 Å². The van der Waals surface area contributed by atoms with Gasteiger partial charge in [-0.25, -0.2) is 4.79 Å². The molecule has 0 bridgehead atoms. The second-order valence-corrected chi connectivity index (χ2v) is 5.19. The zero-order valence-corrected chi connectivity index (χ0v) is 12.3. The quantitative estimate of drug-likeness (QED) is 0.633. The number of carbonyl (C=O) groups is 1. The molecule has 7 heteroatoms. The van der Waals surface area contributed by atoms with Gasteiger partial charge in [0.15, 0.2) is 0 Å². The van der Waals surface area contributed by atoms with E-state index in [1.807, 2.05) is 24.3 Å². The first-order chi connectivity index (χ1) is 9.97. The third-order valence-corrected chi connectivity index (χ3v) is 3.37. The first-order valence-electron chi connectivity index (χ1n) is 5.97. The number of hydrogen-bond donors (Lipinski definition) is 2. The molecule has 2 aromatic carbocycles. The van der Waals surface area contributed by atoms with Crippen LogP contribution >= 0.6 is 15.9 Å². The maximum Gasteiger partial charge on any atom is 0.337 e. The molecule has 0 atom stereocenters. The summed E-state index contributed by atoms with van der Waals surface area (Å²) in [5.74, 6) is -1.14. The van der Waals surface area contributed by atoms with Crippen LogP contribution in [0.2, 0.25) is 0 Å². The molecule has 0 amide bonds. The van der Waals surface area contributed by atoms with Crippen molar-refractivity contribution in [1.82, 2.24) is 0 Å². The Morgan fingerprint density at radius 3 is 2.48 bits per heavy atom. The van der Waals surface area contributed by atoms with Gasteiger partial charge in [0.05, 0.1) is 16.2 Å². The Labute approximate surface area is 128 Å². The fraction of sp³-hybridized carbons (Fsp3) is 0.0714. The van der Waals surface area contributed by atoms with Gasteiger partial charge in [0.1, 0.15) is 0 Å². The molecule has 6 nitrogen and oxygen atoms in total. The first-order valence-corrected chi connectivity index (χ1v) is 6.76. The van der Waals surface area contributed by atoms with E-state index in [0.29, 0.717) is 6.54 Å². The molecule has 0 saturated heterocycles. The summed E-state index contributed by atoms with van der Waals surface area (Å²) < 4.78 is 0.938. The van der Waals surface area contributed by atoms with Gasteiger partial charge in [0.25, 0.3) is 5.69 Å². The van der Waals surface area contributed by atoms with Crippen LogP contribution in [0.25, 0.3) is 0 Å². The number of nitrogens with zero attached hydrogens (tertiary/aromatic N) is 1. The lowest BCUT2D eigenvalue weighted by molar-refractivity contribution is -0.384. The van der Waals surface area contributed by atoms with Crippen molar-refractivity contribution in [3.05, 3.63) is 68.2 Å². The number of non-ortho nitro benzene ring substituents is 1. The number of nitro benzene ring substituents is 1. The molecule has 2 rings (SSSR count). The highest BCUT2D eigenvalue weighted by molar-refractivity contribution is 9.10. The van der Waals surface area contributed by atoms with Crippen molar-refractivity contribution >= 4 is 33.3 Å². The Bertz CT molecular complexity index is 686. The van der Waals surface area contributed by atoms with Gasteiger partial charge >= 0.3 is 5.97 Å². The van der Waals surface area contributed by atoms with Crippen molar-refractivity contribution in [2.75, 3.05) is 5.32 Å². The van der Waals surface area contributed by atoms with E-state index in [-0.39, 0.29) is 16.9 Å². The van der Waals surface area contributed by atoms with Crippen LogP contribution in [0.5, 0.6) is 0 Å². The first kappa shape index (κ1) is 15.0. The maximum absolute atomic E-state index is 11.1. The number of halogens is 1. The summed E-state index contributed by atoms with van der Waals surface area (Å²) in [5.41, 5.74) is 0.997. The number of nitro groups is 1. The normalized spacial score (nSPS) is 10.1. The fourth-order valence-electron chi connectivity index (χ4n) is 1.78. The lowest BCUT2D eigenvalue weighted by atomic mass is 10.1. The molecular weight excluding hydrogens is 340 g/mol. The van der Waals surface area contributed by atoms with Crippen LogP contribution in [0, 0.1) is 10.1 Å². The van der Waals surface area contributed by atoms with Crippen LogP contribution < -0.4 is 5.32 Å². The highest BCUT2D eigenvalue weighted by Gasteiger charge is 2.15. The summed E-state index contributed by atoms with van der Waals surface area (Å²) in [4.78, 5) is 21.4. The predicted molar refractivity (Wildman–Crippen MR) is 81.5 cm³/mol. The molecule has 0 radical (unpaired) electrons. The van der Waals surface area contributed by atoms with Crippen molar-refractivity contribution in [3.8, 4) is 0 Å². The van der Waals surface area contributed by atoms with E-state index in [1.165, 1.54) is 18.2 Å². The van der Waals surface area contributed by atoms with Gasteiger partial charge in [-0.1, -0.05) is 28.1 Å². The Hall–Kier alpha value is -2.41. The summed E-state index contributed by atoms with van der Waals surface area (Å²) in [6, 6.07) is 11.1. The van der Waals surface area contributed by atoms with Crippen LogP contribution in [-0.2, 0) is 6.54 Å². The van der Waals surface area contributed by atoms with Crippen LogP contribution in [0.3, 0.4) is 0 Å². The SMILES string of the molecule is O=C(O)c1ccc([N+](=O)[O-])cc1NCc1ccc(Br)cc1. The average Bonchev–Trinajstić information content (AvgIpc) is 2.46. The number of rotatable bonds is 5. The van der Waals surface area contributed by atoms with E-state index in [0.717, 1.165) is 10.0 Å². The van der Waals surface area contributed by atoms with Gasteiger partial charge in [-0.3, -0.25) is 10.1 Å². The Kier molecular flexibility index (Phi) is 4.54. The predicted octanol–water partition coefficient (Wildman–Crippen LogP) is 3.67. The Morgan fingerprint density at radius 1 is 1.24 bits per heavy atom. The van der Waals surface area contributed by atoms with E-state index in [2.05, 4.69) is 21.2 Å². The lowest BCUT2D eigenvalue weighted by Crippen LogP contribution is -2.07. The molecular formula is C14H11BrN2O4. The summed E-state index contributed by atoms with van der Waals surface area (Å²) in [6.45, 7) is 0.370. The van der Waals surface area contributed by atoms with Crippen molar-refractivity contribution in [2.24, 2.45) is 0 Å². The summed E-state index contributed by atoms with van der Waals surface area (Å²) in [5, 5.41) is 22.8. The van der Waals surface area contributed by atoms with E-state index in [1.54, 1.807) is 0 Å². The zero-order chi connectivity index (χ0) is 15.4. The topological polar surface area (TPSA) is 92.5 Å². The number of aromatic carboxylic acids is 1. The minimum atomic E-state index is -1.14. The molecule has 0 fully saturated rings. The van der Waals surface area contributed by atoms with Crippen LogP contribution in [0.4, 0.5) is 11.4 Å². The maximum atomic E-state index is 11.1. The van der Waals surface area contributed by atoms with Gasteiger partial charge in [0.2, 0.25) is 0 Å². The fourth-order valence-corrected chi connectivity index (χ4v) is 2.04. The van der Waals surface area contributed by atoms with Gasteiger partial charge in [-0.2, -0.15) is 0 Å². The van der Waals surface area contributed by atoms with E-state index >= 15 is 0 Å². The Morgan fingerprint density at radius 2 is 1.90 bits per heavy atom. The molecule has 2 N–H and O–H groups in total. The molecule has 0 aliphatic heterocycles. The van der Waals surface area contributed by atoms with Crippen LogP contribution in [-0.4, -0.2) is 16.0 Å². The van der Waals surface area contributed by atoms with E-state index in [9.17, 15) is 14.9 Å². The van der Waals surface area contributed by atoms with Gasteiger partial charge in [0, 0.05) is 23.2 Å². The van der Waals surface area contributed by atoms with Gasteiger partial charge < -0.3 is 10.4 Å². The third-order valence-electron chi connectivity index (χ3n) is 2.84. The van der Waals surface area contributed by atoms with E-state index < -0.39 is 10.9 Å². The second kappa shape index (κ2) is 6.36. The molecule has 0 aliphatic carbocycles. The number of nitrogens with one attached hydrogen (secondary N) is 1. The van der Waals surface area contributed by atoms with Crippen molar-refractivity contribution < 1.29 is 14.8 Å². The largest absolute Gasteiger partial charge is 0.478 e. The minimum absolute atomic E-state index is 0.00212. The van der Waals surface area contributed by atoms with Crippen molar-refractivity contribution in [1.29, 1.82) is 0 Å². The minimum Gasteiger partial charge on any atom is -0.478 e. The molecule has 108 valence electrons. The zero-order valence-electron chi connectivity index (χ0n) is 10.7. The van der Waals surface area contributed by atoms with Crippen LogP contribution in [0.1, 0.15) is 15.9 Å². The summed E-state index contributed by atoms with van der Waals surface area (Å²) >= 11 is 3.32. The number of anilines is 1. The molecule has 0 aliphatic rings. The lowest BCUT2D eigenvalue weighted by Gasteiger charge is -2.09. The number of hydrogen-bond acceptors (Lipinski definition) is 4. The summed E-state index contributed by atoms with van der Waals surface area (Å²) in [6.07, 6.45) is 0. The Balaban J connectivity index is 2.24. The highest BCUT2D eigenvalue weighted by atomic mass is 79.9. The number of carboxylic acid groups (broad SMARTS) is 1. The highest BCUT2D eigenvalue weighted by Crippen LogP contribution is 2.23. The molecule has 0 spiro atoms. The summed E-state index contributed by atoms with van der Waals surface area (Å²) in [7, 11) is 0. The van der Waals surface area contributed by atoms with Crippen LogP contribution in [0.15, 0.2) is 46.9 Å². The van der Waals surface area contributed by atoms with Crippen molar-refractivity contribution in [3.63, 3.8) is 0 Å². The molecule has 0 saturated carbocycles. The standard InChI is InChI=1S/C14H11BrN2O4/c15-10-3-1-9(2-4-10)8-16-13-7-11(17(20)21)5-6-12(13)14(18)19/h1-7,16H,8H2,(H,18,19). The molecule has 0 heterocycles. The average molecular weight is 351 g/mol.